The first kappa shape index (κ1) is 12.3. The maximum atomic E-state index is 13.2. The highest BCUT2D eigenvalue weighted by Crippen LogP contribution is 2.24. The van der Waals surface area contributed by atoms with E-state index in [1.54, 1.807) is 6.08 Å². The van der Waals surface area contributed by atoms with Gasteiger partial charge in [-0.2, -0.15) is 4.98 Å². The van der Waals surface area contributed by atoms with Gasteiger partial charge in [0.25, 0.3) is 0 Å². The smallest absolute Gasteiger partial charge is 0.244 e. The van der Waals surface area contributed by atoms with E-state index in [1.165, 1.54) is 12.1 Å². The maximum Gasteiger partial charge on any atom is 0.244 e. The molecule has 0 radical (unpaired) electrons. The minimum absolute atomic E-state index is 0.225. The van der Waals surface area contributed by atoms with Crippen LogP contribution in [0, 0.1) is 5.82 Å². The standard InChI is InChI=1S/C12H12FN3O2/c1-2-3-9(14)12-15-11(16-18-12)7-4-5-10(17)8(13)6-7/h2,4-6,9,17H,1,3,14H2. The molecule has 1 heterocycles. The Morgan fingerprint density at radius 3 is 3.00 bits per heavy atom. The van der Waals surface area contributed by atoms with Gasteiger partial charge in [-0.1, -0.05) is 11.2 Å². The molecule has 2 aromatic rings. The lowest BCUT2D eigenvalue weighted by Gasteiger charge is -2.00. The molecule has 18 heavy (non-hydrogen) atoms. The van der Waals surface area contributed by atoms with Gasteiger partial charge >= 0.3 is 0 Å². The molecule has 3 N–H and O–H groups in total. The number of phenols is 1. The Morgan fingerprint density at radius 1 is 1.56 bits per heavy atom. The molecular weight excluding hydrogens is 237 g/mol. The lowest BCUT2D eigenvalue weighted by molar-refractivity contribution is 0.356. The average Bonchev–Trinajstić information content (AvgIpc) is 2.82. The highest BCUT2D eigenvalue weighted by Gasteiger charge is 2.15. The van der Waals surface area contributed by atoms with Crippen LogP contribution in [-0.4, -0.2) is 15.2 Å². The number of aromatic nitrogens is 2. The first-order chi connectivity index (χ1) is 8.61. The Balaban J connectivity index is 2.28. The summed E-state index contributed by atoms with van der Waals surface area (Å²) in [6, 6.07) is 3.42. The molecule has 6 heteroatoms. The summed E-state index contributed by atoms with van der Waals surface area (Å²) in [5.41, 5.74) is 6.18. The summed E-state index contributed by atoms with van der Waals surface area (Å²) in [5.74, 6) is -0.679. The molecule has 0 saturated heterocycles. The summed E-state index contributed by atoms with van der Waals surface area (Å²) < 4.78 is 18.2. The van der Waals surface area contributed by atoms with Gasteiger partial charge in [0.15, 0.2) is 11.6 Å². The van der Waals surface area contributed by atoms with Crippen LogP contribution in [0.25, 0.3) is 11.4 Å². The number of nitrogens with two attached hydrogens (primary N) is 1. The van der Waals surface area contributed by atoms with Crippen molar-refractivity contribution in [2.24, 2.45) is 5.73 Å². The zero-order valence-electron chi connectivity index (χ0n) is 9.51. The van der Waals surface area contributed by atoms with Crippen LogP contribution in [0.1, 0.15) is 18.4 Å². The molecule has 1 aromatic heterocycles. The van der Waals surface area contributed by atoms with Gasteiger partial charge in [0.1, 0.15) is 0 Å². The number of nitrogens with zero attached hydrogens (tertiary/aromatic N) is 2. The van der Waals surface area contributed by atoms with Crippen LogP contribution in [0.2, 0.25) is 0 Å². The van der Waals surface area contributed by atoms with Crippen molar-refractivity contribution in [2.75, 3.05) is 0 Å². The van der Waals surface area contributed by atoms with Crippen molar-refractivity contribution in [2.45, 2.75) is 12.5 Å². The van der Waals surface area contributed by atoms with Crippen LogP contribution in [0.3, 0.4) is 0 Å². The predicted octanol–water partition coefficient (Wildman–Crippen LogP) is 2.16. The van der Waals surface area contributed by atoms with Crippen LogP contribution in [-0.2, 0) is 0 Å². The second kappa shape index (κ2) is 4.97. The molecule has 0 spiro atoms. The second-order valence-corrected chi connectivity index (χ2v) is 3.75. The van der Waals surface area contributed by atoms with Crippen LogP contribution >= 0.6 is 0 Å². The Labute approximate surface area is 103 Å². The topological polar surface area (TPSA) is 85.2 Å². The van der Waals surface area contributed by atoms with Crippen molar-refractivity contribution in [3.8, 4) is 17.1 Å². The summed E-state index contributed by atoms with van der Waals surface area (Å²) in [6.07, 6.45) is 2.15. The Morgan fingerprint density at radius 2 is 2.33 bits per heavy atom. The summed E-state index contributed by atoms with van der Waals surface area (Å²) in [7, 11) is 0. The molecule has 0 aliphatic carbocycles. The number of phenolic OH excluding ortho intramolecular Hbond substituents is 1. The Hall–Kier alpha value is -2.21. The molecule has 1 aromatic carbocycles. The van der Waals surface area contributed by atoms with E-state index in [4.69, 9.17) is 15.4 Å². The molecule has 0 bridgehead atoms. The van der Waals surface area contributed by atoms with Crippen molar-refractivity contribution >= 4 is 0 Å². The van der Waals surface area contributed by atoms with Crippen LogP contribution < -0.4 is 5.73 Å². The highest BCUT2D eigenvalue weighted by molar-refractivity contribution is 5.55. The zero-order chi connectivity index (χ0) is 13.1. The van der Waals surface area contributed by atoms with E-state index in [2.05, 4.69) is 16.7 Å². The van der Waals surface area contributed by atoms with Crippen LogP contribution in [0.4, 0.5) is 4.39 Å². The second-order valence-electron chi connectivity index (χ2n) is 3.75. The predicted molar refractivity (Wildman–Crippen MR) is 63.1 cm³/mol. The van der Waals surface area contributed by atoms with Gasteiger partial charge in [0.05, 0.1) is 6.04 Å². The molecule has 2 rings (SSSR count). The summed E-state index contributed by atoms with van der Waals surface area (Å²) in [6.45, 7) is 3.57. The first-order valence-corrected chi connectivity index (χ1v) is 5.30. The third kappa shape index (κ3) is 2.38. The molecule has 0 saturated carbocycles. The van der Waals surface area contributed by atoms with Crippen molar-refractivity contribution in [3.63, 3.8) is 0 Å². The molecule has 0 amide bonds. The Kier molecular flexibility index (Phi) is 3.38. The summed E-state index contributed by atoms with van der Waals surface area (Å²) in [5, 5.41) is 12.8. The third-order valence-electron chi connectivity index (χ3n) is 2.39. The molecular formula is C12H12FN3O2. The van der Waals surface area contributed by atoms with Crippen molar-refractivity contribution in [1.29, 1.82) is 0 Å². The number of hydrogen-bond acceptors (Lipinski definition) is 5. The molecule has 0 aliphatic heterocycles. The first-order valence-electron chi connectivity index (χ1n) is 5.30. The number of benzene rings is 1. The van der Waals surface area contributed by atoms with Crippen molar-refractivity contribution < 1.29 is 14.0 Å². The highest BCUT2D eigenvalue weighted by atomic mass is 19.1. The fourth-order valence-corrected chi connectivity index (χ4v) is 1.43. The normalized spacial score (nSPS) is 12.3. The summed E-state index contributed by atoms with van der Waals surface area (Å²) >= 11 is 0. The number of halogens is 1. The number of aromatic hydroxyl groups is 1. The Bertz CT molecular complexity index is 568. The minimum Gasteiger partial charge on any atom is -0.505 e. The van der Waals surface area contributed by atoms with E-state index in [9.17, 15) is 4.39 Å². The fraction of sp³-hybridized carbons (Fsp3) is 0.167. The van der Waals surface area contributed by atoms with E-state index in [0.29, 0.717) is 12.0 Å². The van der Waals surface area contributed by atoms with Crippen LogP contribution in [0.5, 0.6) is 5.75 Å². The van der Waals surface area contributed by atoms with Gasteiger partial charge in [-0.05, 0) is 24.6 Å². The monoisotopic (exact) mass is 249 g/mol. The van der Waals surface area contributed by atoms with E-state index in [-0.39, 0.29) is 11.7 Å². The quantitative estimate of drug-likeness (QED) is 0.811. The lowest BCUT2D eigenvalue weighted by atomic mass is 10.2. The molecule has 5 nitrogen and oxygen atoms in total. The van der Waals surface area contributed by atoms with Gasteiger partial charge in [-0.25, -0.2) is 4.39 Å². The van der Waals surface area contributed by atoms with E-state index < -0.39 is 17.6 Å². The van der Waals surface area contributed by atoms with Gasteiger partial charge in [-0.3, -0.25) is 0 Å². The molecule has 94 valence electrons. The minimum atomic E-state index is -0.741. The number of hydrogen-bond donors (Lipinski definition) is 2. The van der Waals surface area contributed by atoms with E-state index in [0.717, 1.165) is 6.07 Å². The van der Waals surface area contributed by atoms with Gasteiger partial charge in [0, 0.05) is 5.56 Å². The van der Waals surface area contributed by atoms with Gasteiger partial charge < -0.3 is 15.4 Å². The lowest BCUT2D eigenvalue weighted by Crippen LogP contribution is -2.09. The van der Waals surface area contributed by atoms with Gasteiger partial charge in [0.2, 0.25) is 11.7 Å². The molecule has 1 atom stereocenters. The largest absolute Gasteiger partial charge is 0.505 e. The van der Waals surface area contributed by atoms with E-state index in [1.807, 2.05) is 0 Å². The molecule has 1 unspecified atom stereocenters. The molecule has 0 fully saturated rings. The SMILES string of the molecule is C=CCC(N)c1nc(-c2ccc(O)c(F)c2)no1. The third-order valence-corrected chi connectivity index (χ3v) is 2.39. The fourth-order valence-electron chi connectivity index (χ4n) is 1.43. The maximum absolute atomic E-state index is 13.2. The van der Waals surface area contributed by atoms with E-state index >= 15 is 0 Å². The summed E-state index contributed by atoms with van der Waals surface area (Å²) in [4.78, 5) is 4.07. The number of rotatable bonds is 4. The molecule has 0 aliphatic rings. The average molecular weight is 249 g/mol. The van der Waals surface area contributed by atoms with Gasteiger partial charge in [-0.15, -0.1) is 6.58 Å². The van der Waals surface area contributed by atoms with Crippen molar-refractivity contribution in [1.82, 2.24) is 10.1 Å². The zero-order valence-corrected chi connectivity index (χ0v) is 9.51. The van der Waals surface area contributed by atoms with Crippen molar-refractivity contribution in [3.05, 3.63) is 42.6 Å². The van der Waals surface area contributed by atoms with Crippen LogP contribution in [0.15, 0.2) is 35.4 Å².